The van der Waals surface area contributed by atoms with Crippen molar-refractivity contribution >= 4 is 28.3 Å². The van der Waals surface area contributed by atoms with E-state index in [1.54, 1.807) is 32.0 Å². The average molecular weight is 543 g/mol. The number of aryl methyl sites for hydroxylation is 2. The number of carbonyl (C=O) groups excluding carboxylic acids is 2. The largest absolute Gasteiger partial charge is 0.416 e. The van der Waals surface area contributed by atoms with Crippen molar-refractivity contribution in [1.29, 1.82) is 0 Å². The first kappa shape index (κ1) is 27.7. The van der Waals surface area contributed by atoms with E-state index in [-0.39, 0.29) is 22.4 Å². The smallest absolute Gasteiger partial charge is 0.384 e. The summed E-state index contributed by atoms with van der Waals surface area (Å²) in [6.07, 6.45) is -7.34. The molecule has 39 heavy (non-hydrogen) atoms. The van der Waals surface area contributed by atoms with Gasteiger partial charge in [0.05, 0.1) is 17.5 Å². The molecule has 0 aliphatic carbocycles. The number of fused-ring (bicyclic) bond motifs is 1. The number of hydrogen-bond donors (Lipinski definition) is 3. The molecule has 2 amide bonds. The van der Waals surface area contributed by atoms with Crippen molar-refractivity contribution in [2.24, 2.45) is 5.73 Å². The Morgan fingerprint density at radius 1 is 0.949 bits per heavy atom. The van der Waals surface area contributed by atoms with Crippen LogP contribution in [0, 0.1) is 25.5 Å². The average Bonchev–Trinajstić information content (AvgIpc) is 2.84. The minimum atomic E-state index is -4.91. The monoisotopic (exact) mass is 542 g/mol. The highest BCUT2D eigenvalue weighted by atomic mass is 19.4. The maximum Gasteiger partial charge on any atom is 0.416 e. The van der Waals surface area contributed by atoms with E-state index in [4.69, 9.17) is 5.73 Å². The van der Waals surface area contributed by atoms with Gasteiger partial charge in [0.2, 0.25) is 11.8 Å². The van der Waals surface area contributed by atoms with Crippen LogP contribution in [0.1, 0.15) is 49.8 Å². The summed E-state index contributed by atoms with van der Waals surface area (Å²) >= 11 is 0. The summed E-state index contributed by atoms with van der Waals surface area (Å²) in [5.74, 6) is -3.65. The van der Waals surface area contributed by atoms with Crippen molar-refractivity contribution in [2.45, 2.75) is 32.5 Å². The second-order valence-corrected chi connectivity index (χ2v) is 9.23. The van der Waals surface area contributed by atoms with Gasteiger partial charge in [0.1, 0.15) is 17.7 Å². The molecule has 0 heterocycles. The van der Waals surface area contributed by atoms with Crippen molar-refractivity contribution in [3.63, 3.8) is 0 Å². The number of rotatable bonds is 6. The molecule has 4 N–H and O–H groups in total. The van der Waals surface area contributed by atoms with E-state index in [1.165, 1.54) is 18.2 Å². The zero-order valence-electron chi connectivity index (χ0n) is 20.8. The van der Waals surface area contributed by atoms with E-state index >= 15 is 0 Å². The molecule has 4 aromatic rings. The molecule has 0 saturated carbocycles. The molecule has 0 bridgehead atoms. The van der Waals surface area contributed by atoms with E-state index in [0.29, 0.717) is 22.4 Å². The first-order valence-electron chi connectivity index (χ1n) is 11.7. The van der Waals surface area contributed by atoms with Gasteiger partial charge in [-0.15, -0.1) is 0 Å². The number of anilines is 1. The van der Waals surface area contributed by atoms with Crippen LogP contribution in [0.4, 0.5) is 27.6 Å². The topological polar surface area (TPSA) is 92.4 Å². The van der Waals surface area contributed by atoms with Gasteiger partial charge in [-0.25, -0.2) is 8.78 Å². The summed E-state index contributed by atoms with van der Waals surface area (Å²) in [6.45, 7) is 3.38. The van der Waals surface area contributed by atoms with Crippen LogP contribution in [0.2, 0.25) is 0 Å². The summed E-state index contributed by atoms with van der Waals surface area (Å²) in [5.41, 5.74) is 4.90. The Kier molecular flexibility index (Phi) is 7.43. The number of benzene rings is 4. The van der Waals surface area contributed by atoms with Crippen LogP contribution < -0.4 is 11.1 Å². The number of aliphatic hydroxyl groups is 1. The Hall–Kier alpha value is -4.31. The molecule has 0 aromatic heterocycles. The number of carbonyl (C=O) groups is 2. The lowest BCUT2D eigenvalue weighted by molar-refractivity contribution is -0.138. The zero-order chi connectivity index (χ0) is 28.6. The van der Waals surface area contributed by atoms with Gasteiger partial charge in [-0.2, -0.15) is 13.2 Å². The zero-order valence-corrected chi connectivity index (χ0v) is 20.8. The van der Waals surface area contributed by atoms with Crippen LogP contribution in [0.3, 0.4) is 0 Å². The number of amides is 2. The standard InChI is InChI=1S/C29H23F5N2O3/c1-14-3-5-16-10-23(36-24(37)11-17-6-8-19(31)13-22(17)29(32,33)34)26(25(28(35)39)21(16)9-14)27(38)20-12-18(30)7-4-15(20)2/h3-10,12-13,27,38H,11H2,1-2H3,(H2,35,39)(H,36,37). The van der Waals surface area contributed by atoms with Crippen LogP contribution >= 0.6 is 0 Å². The fourth-order valence-corrected chi connectivity index (χ4v) is 4.57. The fourth-order valence-electron chi connectivity index (χ4n) is 4.57. The predicted octanol–water partition coefficient (Wildman–Crippen LogP) is 6.12. The number of alkyl halides is 3. The van der Waals surface area contributed by atoms with Gasteiger partial charge in [0, 0.05) is 11.3 Å². The number of aliphatic hydroxyl groups excluding tert-OH is 1. The molecule has 0 aliphatic heterocycles. The maximum absolute atomic E-state index is 14.1. The highest BCUT2D eigenvalue weighted by Crippen LogP contribution is 2.39. The Morgan fingerprint density at radius 2 is 1.62 bits per heavy atom. The van der Waals surface area contributed by atoms with Crippen LogP contribution in [0.5, 0.6) is 0 Å². The molecule has 0 radical (unpaired) electrons. The van der Waals surface area contributed by atoms with Gasteiger partial charge in [-0.3, -0.25) is 9.59 Å². The van der Waals surface area contributed by atoms with Crippen molar-refractivity contribution in [3.05, 3.63) is 111 Å². The van der Waals surface area contributed by atoms with Gasteiger partial charge in [-0.05, 0) is 71.6 Å². The maximum atomic E-state index is 14.1. The first-order valence-corrected chi connectivity index (χ1v) is 11.7. The summed E-state index contributed by atoms with van der Waals surface area (Å²) in [6, 6.07) is 12.1. The lowest BCUT2D eigenvalue weighted by Gasteiger charge is -2.23. The van der Waals surface area contributed by atoms with E-state index in [2.05, 4.69) is 5.32 Å². The van der Waals surface area contributed by atoms with Crippen LogP contribution in [-0.4, -0.2) is 16.9 Å². The minimum absolute atomic E-state index is 0.0953. The van der Waals surface area contributed by atoms with Crippen LogP contribution in [0.15, 0.2) is 60.7 Å². The Labute approximate surface area is 220 Å². The van der Waals surface area contributed by atoms with E-state index in [9.17, 15) is 36.6 Å². The van der Waals surface area contributed by atoms with Crippen molar-refractivity contribution in [1.82, 2.24) is 0 Å². The van der Waals surface area contributed by atoms with E-state index < -0.39 is 53.3 Å². The molecule has 1 unspecified atom stereocenters. The minimum Gasteiger partial charge on any atom is -0.384 e. The van der Waals surface area contributed by atoms with E-state index in [1.807, 2.05) is 0 Å². The molecular formula is C29H23F5N2O3. The van der Waals surface area contributed by atoms with Gasteiger partial charge in [0.15, 0.2) is 0 Å². The number of nitrogens with one attached hydrogen (secondary N) is 1. The molecule has 10 heteroatoms. The Morgan fingerprint density at radius 3 is 2.28 bits per heavy atom. The second-order valence-electron chi connectivity index (χ2n) is 9.23. The second kappa shape index (κ2) is 10.5. The normalized spacial score (nSPS) is 12.4. The molecule has 0 aliphatic rings. The molecule has 0 saturated heterocycles. The van der Waals surface area contributed by atoms with Crippen molar-refractivity contribution in [3.8, 4) is 0 Å². The van der Waals surface area contributed by atoms with Gasteiger partial charge in [0.25, 0.3) is 0 Å². The lowest BCUT2D eigenvalue weighted by Crippen LogP contribution is -2.23. The SMILES string of the molecule is Cc1ccc2cc(NC(=O)Cc3ccc(F)cc3C(F)(F)F)c(C(O)c3cc(F)ccc3C)c(C(N)=O)c2c1. The number of nitrogens with two attached hydrogens (primary N) is 1. The third-order valence-electron chi connectivity index (χ3n) is 6.40. The summed E-state index contributed by atoms with van der Waals surface area (Å²) in [5, 5.41) is 14.7. The van der Waals surface area contributed by atoms with Gasteiger partial charge >= 0.3 is 6.18 Å². The third-order valence-corrected chi connectivity index (χ3v) is 6.40. The molecule has 202 valence electrons. The number of primary amides is 1. The molecule has 1 atom stereocenters. The first-order chi connectivity index (χ1) is 18.3. The highest BCUT2D eigenvalue weighted by Gasteiger charge is 2.34. The predicted molar refractivity (Wildman–Crippen MR) is 136 cm³/mol. The molecule has 0 fully saturated rings. The van der Waals surface area contributed by atoms with Crippen LogP contribution in [-0.2, 0) is 17.4 Å². The Bertz CT molecular complexity index is 1620. The number of hydrogen-bond acceptors (Lipinski definition) is 3. The molecule has 0 spiro atoms. The molecule has 4 aromatic carbocycles. The summed E-state index contributed by atoms with van der Waals surface area (Å²) < 4.78 is 68.0. The third kappa shape index (κ3) is 5.75. The Balaban J connectivity index is 1.88. The quantitative estimate of drug-likeness (QED) is 0.257. The lowest BCUT2D eigenvalue weighted by atomic mass is 9.88. The fraction of sp³-hybridized carbons (Fsp3) is 0.172. The summed E-state index contributed by atoms with van der Waals surface area (Å²) in [4.78, 5) is 25.7. The highest BCUT2D eigenvalue weighted by molar-refractivity contribution is 6.11. The van der Waals surface area contributed by atoms with Gasteiger partial charge < -0.3 is 16.2 Å². The number of halogens is 5. The van der Waals surface area contributed by atoms with Gasteiger partial charge in [-0.1, -0.05) is 35.9 Å². The van der Waals surface area contributed by atoms with Crippen LogP contribution in [0.25, 0.3) is 10.8 Å². The summed E-state index contributed by atoms with van der Waals surface area (Å²) in [7, 11) is 0. The van der Waals surface area contributed by atoms with E-state index in [0.717, 1.165) is 23.8 Å². The van der Waals surface area contributed by atoms with Crippen molar-refractivity contribution < 1.29 is 36.6 Å². The van der Waals surface area contributed by atoms with Crippen molar-refractivity contribution in [2.75, 3.05) is 5.32 Å². The molecule has 4 rings (SSSR count). The molecule has 5 nitrogen and oxygen atoms in total. The molecular weight excluding hydrogens is 519 g/mol.